The molecule has 1 fully saturated rings. The molecule has 158 valence electrons. The lowest BCUT2D eigenvalue weighted by Crippen LogP contribution is -2.30. The van der Waals surface area contributed by atoms with E-state index in [0.717, 1.165) is 38.8 Å². The van der Waals surface area contributed by atoms with Gasteiger partial charge >= 0.3 is 5.97 Å². The molecule has 8 nitrogen and oxygen atoms in total. The molecule has 0 saturated carbocycles. The molecule has 1 saturated heterocycles. The number of amides is 1. The molecule has 1 aliphatic heterocycles. The minimum Gasteiger partial charge on any atom is -0.462 e. The second-order valence-electron chi connectivity index (χ2n) is 7.18. The molecule has 2 aromatic carbocycles. The number of nitrogens with zero attached hydrogens (tertiary/aromatic N) is 2. The van der Waals surface area contributed by atoms with Crippen LogP contribution >= 0.6 is 0 Å². The molecule has 3 rings (SSSR count). The summed E-state index contributed by atoms with van der Waals surface area (Å²) in [6.45, 7) is 3.82. The van der Waals surface area contributed by atoms with E-state index in [1.165, 1.54) is 6.07 Å². The summed E-state index contributed by atoms with van der Waals surface area (Å²) in [5.41, 5.74) is 1.55. The van der Waals surface area contributed by atoms with Gasteiger partial charge in [0.2, 0.25) is 0 Å². The number of carbonyl (C=O) groups excluding carboxylic acids is 2. The molecule has 0 aliphatic carbocycles. The molecule has 1 N–H and O–H groups in total. The number of benzene rings is 2. The van der Waals surface area contributed by atoms with E-state index in [-0.39, 0.29) is 11.3 Å². The van der Waals surface area contributed by atoms with Crippen LogP contribution in [0.3, 0.4) is 0 Å². The van der Waals surface area contributed by atoms with Crippen molar-refractivity contribution in [3.63, 3.8) is 0 Å². The smallest absolute Gasteiger partial charge is 0.338 e. The predicted molar refractivity (Wildman–Crippen MR) is 114 cm³/mol. The molecular weight excluding hydrogens is 386 g/mol. The SMILES string of the molecule is CCCOC(=O)c1ccc(NC(=O)c2ccc(N3CCCCC3)c([N+](=O)[O-])c2)cc1. The van der Waals surface area contributed by atoms with Gasteiger partial charge in [0.05, 0.1) is 17.1 Å². The molecule has 0 radical (unpaired) electrons. The summed E-state index contributed by atoms with van der Waals surface area (Å²) in [6, 6.07) is 10.9. The number of anilines is 2. The lowest BCUT2D eigenvalue weighted by molar-refractivity contribution is -0.384. The van der Waals surface area contributed by atoms with Crippen LogP contribution in [-0.2, 0) is 4.74 Å². The first-order valence-electron chi connectivity index (χ1n) is 10.1. The number of hydrogen-bond donors (Lipinski definition) is 1. The molecule has 0 bridgehead atoms. The number of nitro groups is 1. The van der Waals surface area contributed by atoms with Gasteiger partial charge in [0.25, 0.3) is 11.6 Å². The molecule has 1 aliphatic rings. The average Bonchev–Trinajstić information content (AvgIpc) is 2.78. The Morgan fingerprint density at radius 2 is 1.73 bits per heavy atom. The van der Waals surface area contributed by atoms with Gasteiger partial charge in [-0.3, -0.25) is 14.9 Å². The van der Waals surface area contributed by atoms with Gasteiger partial charge in [0, 0.05) is 30.4 Å². The van der Waals surface area contributed by atoms with E-state index in [9.17, 15) is 19.7 Å². The quantitative estimate of drug-likeness (QED) is 0.411. The highest BCUT2D eigenvalue weighted by Crippen LogP contribution is 2.31. The van der Waals surface area contributed by atoms with Gasteiger partial charge < -0.3 is 15.0 Å². The maximum absolute atomic E-state index is 12.6. The number of nitrogens with one attached hydrogen (secondary N) is 1. The van der Waals surface area contributed by atoms with E-state index in [0.29, 0.717) is 23.5 Å². The van der Waals surface area contributed by atoms with E-state index >= 15 is 0 Å². The van der Waals surface area contributed by atoms with Crippen molar-refractivity contribution in [1.29, 1.82) is 0 Å². The summed E-state index contributed by atoms with van der Waals surface area (Å²) in [4.78, 5) is 37.6. The van der Waals surface area contributed by atoms with Crippen molar-refractivity contribution in [2.24, 2.45) is 0 Å². The molecule has 1 heterocycles. The summed E-state index contributed by atoms with van der Waals surface area (Å²) in [6.07, 6.45) is 3.87. The van der Waals surface area contributed by atoms with Crippen molar-refractivity contribution in [2.75, 3.05) is 29.9 Å². The molecule has 0 spiro atoms. The van der Waals surface area contributed by atoms with Crippen molar-refractivity contribution >= 4 is 28.9 Å². The van der Waals surface area contributed by atoms with Crippen molar-refractivity contribution in [1.82, 2.24) is 0 Å². The van der Waals surface area contributed by atoms with Gasteiger partial charge in [-0.2, -0.15) is 0 Å². The molecule has 0 aromatic heterocycles. The summed E-state index contributed by atoms with van der Waals surface area (Å²) in [5.74, 6) is -0.872. The minimum atomic E-state index is -0.454. The number of esters is 1. The van der Waals surface area contributed by atoms with Gasteiger partial charge in [-0.25, -0.2) is 4.79 Å². The minimum absolute atomic E-state index is 0.0708. The highest BCUT2D eigenvalue weighted by atomic mass is 16.6. The van der Waals surface area contributed by atoms with Gasteiger partial charge in [-0.05, 0) is 62.1 Å². The molecule has 0 unspecified atom stereocenters. The number of piperidine rings is 1. The third kappa shape index (κ3) is 5.14. The molecule has 0 atom stereocenters. The fourth-order valence-electron chi connectivity index (χ4n) is 3.38. The van der Waals surface area contributed by atoms with Crippen molar-refractivity contribution in [2.45, 2.75) is 32.6 Å². The highest BCUT2D eigenvalue weighted by molar-refractivity contribution is 6.05. The monoisotopic (exact) mass is 411 g/mol. The Kier molecular flexibility index (Phi) is 7.00. The molecule has 1 amide bonds. The molecule has 2 aromatic rings. The fourth-order valence-corrected chi connectivity index (χ4v) is 3.38. The van der Waals surface area contributed by atoms with Crippen LogP contribution in [0, 0.1) is 10.1 Å². The zero-order valence-corrected chi connectivity index (χ0v) is 16.9. The Bertz CT molecular complexity index is 921. The second-order valence-corrected chi connectivity index (χ2v) is 7.18. The number of carbonyl (C=O) groups is 2. The largest absolute Gasteiger partial charge is 0.462 e. The first-order valence-corrected chi connectivity index (χ1v) is 10.1. The maximum atomic E-state index is 12.6. The van der Waals surface area contributed by atoms with Crippen molar-refractivity contribution < 1.29 is 19.2 Å². The van der Waals surface area contributed by atoms with Gasteiger partial charge in [-0.15, -0.1) is 0 Å². The van der Waals surface area contributed by atoms with Crippen LogP contribution in [0.15, 0.2) is 42.5 Å². The zero-order chi connectivity index (χ0) is 21.5. The lowest BCUT2D eigenvalue weighted by Gasteiger charge is -2.28. The van der Waals surface area contributed by atoms with Gasteiger partial charge in [0.15, 0.2) is 0 Å². The summed E-state index contributed by atoms with van der Waals surface area (Å²) in [5, 5.41) is 14.3. The summed E-state index contributed by atoms with van der Waals surface area (Å²) < 4.78 is 5.07. The first-order chi connectivity index (χ1) is 14.5. The lowest BCUT2D eigenvalue weighted by atomic mass is 10.1. The fraction of sp³-hybridized carbons (Fsp3) is 0.364. The number of nitro benzene ring substituents is 1. The van der Waals surface area contributed by atoms with Gasteiger partial charge in [0.1, 0.15) is 5.69 Å². The number of ether oxygens (including phenoxy) is 1. The van der Waals surface area contributed by atoms with Crippen LogP contribution in [0.1, 0.15) is 53.3 Å². The standard InChI is InChI=1S/C22H25N3O5/c1-2-14-30-22(27)16-6-9-18(10-7-16)23-21(26)17-8-11-19(20(15-17)25(28)29)24-12-4-3-5-13-24/h6-11,15H,2-5,12-14H2,1H3,(H,23,26). The normalized spacial score (nSPS) is 13.6. The van der Waals surface area contributed by atoms with Crippen LogP contribution in [0.5, 0.6) is 0 Å². The Morgan fingerprint density at radius 1 is 1.07 bits per heavy atom. The highest BCUT2D eigenvalue weighted by Gasteiger charge is 2.23. The topological polar surface area (TPSA) is 102 Å². The second kappa shape index (κ2) is 9.87. The number of rotatable bonds is 7. The molecular formula is C22H25N3O5. The van der Waals surface area contributed by atoms with Crippen molar-refractivity contribution in [3.8, 4) is 0 Å². The van der Waals surface area contributed by atoms with Gasteiger partial charge in [-0.1, -0.05) is 6.92 Å². The molecule has 30 heavy (non-hydrogen) atoms. The Labute approximate surface area is 175 Å². The first kappa shape index (κ1) is 21.3. The predicted octanol–water partition coefficient (Wildman–Crippen LogP) is 4.40. The van der Waals surface area contributed by atoms with Crippen LogP contribution in [0.25, 0.3) is 0 Å². The van der Waals surface area contributed by atoms with Crippen LogP contribution in [0.4, 0.5) is 17.1 Å². The Balaban J connectivity index is 1.72. The van der Waals surface area contributed by atoms with E-state index in [1.54, 1.807) is 36.4 Å². The Hall–Kier alpha value is -3.42. The van der Waals surface area contributed by atoms with E-state index in [2.05, 4.69) is 5.32 Å². The third-order valence-electron chi connectivity index (χ3n) is 4.95. The summed E-state index contributed by atoms with van der Waals surface area (Å²) >= 11 is 0. The van der Waals surface area contributed by atoms with Crippen LogP contribution < -0.4 is 10.2 Å². The maximum Gasteiger partial charge on any atom is 0.338 e. The van der Waals surface area contributed by atoms with E-state index in [4.69, 9.17) is 4.74 Å². The summed E-state index contributed by atoms with van der Waals surface area (Å²) in [7, 11) is 0. The van der Waals surface area contributed by atoms with Crippen molar-refractivity contribution in [3.05, 3.63) is 63.7 Å². The van der Waals surface area contributed by atoms with Crippen LogP contribution in [-0.4, -0.2) is 36.5 Å². The third-order valence-corrected chi connectivity index (χ3v) is 4.95. The average molecular weight is 411 g/mol. The molecule has 8 heteroatoms. The Morgan fingerprint density at radius 3 is 2.37 bits per heavy atom. The number of hydrogen-bond acceptors (Lipinski definition) is 6. The zero-order valence-electron chi connectivity index (χ0n) is 16.9. The van der Waals surface area contributed by atoms with E-state index in [1.807, 2.05) is 11.8 Å². The van der Waals surface area contributed by atoms with E-state index < -0.39 is 16.8 Å². The van der Waals surface area contributed by atoms with Crippen LogP contribution in [0.2, 0.25) is 0 Å².